The van der Waals surface area contributed by atoms with Gasteiger partial charge in [0.15, 0.2) is 0 Å². The molecule has 1 saturated heterocycles. The zero-order valence-electron chi connectivity index (χ0n) is 14.9. The van der Waals surface area contributed by atoms with Crippen LogP contribution < -0.4 is 0 Å². The van der Waals surface area contributed by atoms with Crippen molar-refractivity contribution in [3.8, 4) is 0 Å². The number of benzene rings is 1. The molecule has 1 fully saturated rings. The number of aromatic nitrogens is 2. The summed E-state index contributed by atoms with van der Waals surface area (Å²) in [6.07, 6.45) is -0.222. The largest absolute Gasteiger partial charge is 0.380 e. The normalized spacial score (nSPS) is 17.6. The van der Waals surface area contributed by atoms with Crippen LogP contribution in [0.1, 0.15) is 39.2 Å². The lowest BCUT2D eigenvalue weighted by atomic mass is 10.1. The molecule has 0 bridgehead atoms. The maximum atomic E-state index is 12.9. The zero-order chi connectivity index (χ0) is 17.8. The fourth-order valence-corrected chi connectivity index (χ4v) is 3.07. The van der Waals surface area contributed by atoms with Gasteiger partial charge < -0.3 is 14.4 Å². The van der Waals surface area contributed by atoms with E-state index in [1.54, 1.807) is 7.11 Å². The molecule has 1 amide bonds. The molecule has 1 aromatic heterocycles. The number of carbonyl (C=O) groups is 1. The van der Waals surface area contributed by atoms with Crippen molar-refractivity contribution in [1.29, 1.82) is 0 Å². The van der Waals surface area contributed by atoms with Crippen LogP contribution in [0, 0.1) is 13.8 Å². The van der Waals surface area contributed by atoms with E-state index in [1.165, 1.54) is 0 Å². The Hall–Kier alpha value is -2.31. The Balaban J connectivity index is 1.76. The highest BCUT2D eigenvalue weighted by atomic mass is 16.5. The van der Waals surface area contributed by atoms with E-state index in [1.807, 2.05) is 49.1 Å². The standard InChI is InChI=1S/C19H23N3O3/c1-13-9-17(21-14(2)20-13)18-11-22(7-8-25-18)19(23)16-6-4-5-15(10-16)12-24-3/h4-6,9-10,18H,7-8,11-12H2,1-3H3. The Morgan fingerprint density at radius 2 is 2.16 bits per heavy atom. The molecule has 1 atom stereocenters. The quantitative estimate of drug-likeness (QED) is 0.855. The minimum atomic E-state index is -0.222. The maximum Gasteiger partial charge on any atom is 0.254 e. The first-order valence-electron chi connectivity index (χ1n) is 8.38. The van der Waals surface area contributed by atoms with Crippen LogP contribution in [-0.2, 0) is 16.1 Å². The molecule has 1 aliphatic rings. The van der Waals surface area contributed by atoms with E-state index in [9.17, 15) is 4.79 Å². The molecule has 0 N–H and O–H groups in total. The van der Waals surface area contributed by atoms with E-state index in [2.05, 4.69) is 9.97 Å². The lowest BCUT2D eigenvalue weighted by Gasteiger charge is -2.33. The molecule has 0 spiro atoms. The third kappa shape index (κ3) is 4.21. The first-order valence-corrected chi connectivity index (χ1v) is 8.38. The van der Waals surface area contributed by atoms with Crippen LogP contribution in [0.2, 0.25) is 0 Å². The fourth-order valence-electron chi connectivity index (χ4n) is 3.07. The topological polar surface area (TPSA) is 64.5 Å². The predicted octanol–water partition coefficient (Wildman–Crippen LogP) is 2.45. The highest BCUT2D eigenvalue weighted by Gasteiger charge is 2.27. The average Bonchev–Trinajstić information content (AvgIpc) is 2.61. The van der Waals surface area contributed by atoms with Crippen molar-refractivity contribution in [3.05, 3.63) is 58.7 Å². The summed E-state index contributed by atoms with van der Waals surface area (Å²) in [5.41, 5.74) is 3.39. The van der Waals surface area contributed by atoms with E-state index < -0.39 is 0 Å². The number of amides is 1. The van der Waals surface area contributed by atoms with Gasteiger partial charge in [-0.1, -0.05) is 12.1 Å². The first kappa shape index (κ1) is 17.5. The number of aryl methyl sites for hydroxylation is 2. The van der Waals surface area contributed by atoms with Crippen molar-refractivity contribution in [2.45, 2.75) is 26.6 Å². The zero-order valence-corrected chi connectivity index (χ0v) is 14.9. The number of morpholine rings is 1. The second-order valence-corrected chi connectivity index (χ2v) is 6.23. The number of carbonyl (C=O) groups excluding carboxylic acids is 1. The molecule has 1 unspecified atom stereocenters. The number of rotatable bonds is 4. The number of hydrogen-bond donors (Lipinski definition) is 0. The lowest BCUT2D eigenvalue weighted by Crippen LogP contribution is -2.42. The number of nitrogens with zero attached hydrogens (tertiary/aromatic N) is 3. The first-order chi connectivity index (χ1) is 12.1. The summed E-state index contributed by atoms with van der Waals surface area (Å²) in [5.74, 6) is 0.725. The van der Waals surface area contributed by atoms with Crippen LogP contribution >= 0.6 is 0 Å². The smallest absolute Gasteiger partial charge is 0.254 e. The molecule has 6 nitrogen and oxygen atoms in total. The van der Waals surface area contributed by atoms with Crippen LogP contribution in [0.4, 0.5) is 0 Å². The van der Waals surface area contributed by atoms with E-state index in [4.69, 9.17) is 9.47 Å². The van der Waals surface area contributed by atoms with Gasteiger partial charge in [0.1, 0.15) is 11.9 Å². The molecule has 6 heteroatoms. The van der Waals surface area contributed by atoms with Gasteiger partial charge in [0, 0.05) is 24.9 Å². The minimum absolute atomic E-state index is 0.00810. The van der Waals surface area contributed by atoms with E-state index >= 15 is 0 Å². The van der Waals surface area contributed by atoms with Crippen LogP contribution in [-0.4, -0.2) is 47.6 Å². The Kier molecular flexibility index (Phi) is 5.40. The van der Waals surface area contributed by atoms with Gasteiger partial charge in [0.2, 0.25) is 0 Å². The fraction of sp³-hybridized carbons (Fsp3) is 0.421. The van der Waals surface area contributed by atoms with Crippen molar-refractivity contribution in [3.63, 3.8) is 0 Å². The minimum Gasteiger partial charge on any atom is -0.380 e. The van der Waals surface area contributed by atoms with Gasteiger partial charge in [0.25, 0.3) is 5.91 Å². The Morgan fingerprint density at radius 1 is 1.32 bits per heavy atom. The summed E-state index contributed by atoms with van der Waals surface area (Å²) in [4.78, 5) is 23.5. The highest BCUT2D eigenvalue weighted by Crippen LogP contribution is 2.22. The van der Waals surface area contributed by atoms with Gasteiger partial charge in [-0.25, -0.2) is 9.97 Å². The summed E-state index contributed by atoms with van der Waals surface area (Å²) in [7, 11) is 1.65. The van der Waals surface area contributed by atoms with Gasteiger partial charge >= 0.3 is 0 Å². The number of methoxy groups -OCH3 is 1. The molecule has 1 aromatic carbocycles. The SMILES string of the molecule is COCc1cccc(C(=O)N2CCOC(c3cc(C)nc(C)n3)C2)c1. The lowest BCUT2D eigenvalue weighted by molar-refractivity contribution is -0.0248. The molecule has 0 radical (unpaired) electrons. The molecule has 0 aliphatic carbocycles. The van der Waals surface area contributed by atoms with Gasteiger partial charge in [-0.05, 0) is 37.6 Å². The highest BCUT2D eigenvalue weighted by molar-refractivity contribution is 5.94. The Labute approximate surface area is 147 Å². The molecular weight excluding hydrogens is 318 g/mol. The van der Waals surface area contributed by atoms with Crippen molar-refractivity contribution in [2.24, 2.45) is 0 Å². The molecule has 25 heavy (non-hydrogen) atoms. The third-order valence-corrected chi connectivity index (χ3v) is 4.15. The van der Waals surface area contributed by atoms with Crippen molar-refractivity contribution in [2.75, 3.05) is 26.8 Å². The number of hydrogen-bond acceptors (Lipinski definition) is 5. The molecule has 2 aromatic rings. The molecule has 2 heterocycles. The van der Waals surface area contributed by atoms with Crippen molar-refractivity contribution >= 4 is 5.91 Å². The van der Waals surface area contributed by atoms with Gasteiger partial charge in [-0.15, -0.1) is 0 Å². The summed E-state index contributed by atoms with van der Waals surface area (Å²) < 4.78 is 11.0. The second kappa shape index (κ2) is 7.72. The van der Waals surface area contributed by atoms with E-state index in [0.29, 0.717) is 37.7 Å². The van der Waals surface area contributed by atoms with Gasteiger partial charge in [-0.3, -0.25) is 4.79 Å². The van der Waals surface area contributed by atoms with E-state index in [0.717, 1.165) is 17.0 Å². The Bertz CT molecular complexity index is 743. The molecule has 0 saturated carbocycles. The van der Waals surface area contributed by atoms with Crippen LogP contribution in [0.3, 0.4) is 0 Å². The van der Waals surface area contributed by atoms with Crippen molar-refractivity contribution < 1.29 is 14.3 Å². The van der Waals surface area contributed by atoms with E-state index in [-0.39, 0.29) is 12.0 Å². The summed E-state index contributed by atoms with van der Waals surface area (Å²) >= 11 is 0. The maximum absolute atomic E-state index is 12.9. The third-order valence-electron chi connectivity index (χ3n) is 4.15. The predicted molar refractivity (Wildman–Crippen MR) is 93.3 cm³/mol. The molecule has 132 valence electrons. The van der Waals surface area contributed by atoms with Crippen molar-refractivity contribution in [1.82, 2.24) is 14.9 Å². The van der Waals surface area contributed by atoms with Crippen LogP contribution in [0.25, 0.3) is 0 Å². The summed E-state index contributed by atoms with van der Waals surface area (Å²) in [6.45, 7) is 5.85. The van der Waals surface area contributed by atoms with Crippen LogP contribution in [0.15, 0.2) is 30.3 Å². The summed E-state index contributed by atoms with van der Waals surface area (Å²) in [6, 6.07) is 9.48. The second-order valence-electron chi connectivity index (χ2n) is 6.23. The molecule has 3 rings (SSSR count). The number of ether oxygens (including phenoxy) is 2. The Morgan fingerprint density at radius 3 is 2.92 bits per heavy atom. The average molecular weight is 341 g/mol. The molecular formula is C19H23N3O3. The van der Waals surface area contributed by atoms with Crippen LogP contribution in [0.5, 0.6) is 0 Å². The van der Waals surface area contributed by atoms with Gasteiger partial charge in [0.05, 0.1) is 25.5 Å². The molecule has 1 aliphatic heterocycles. The summed E-state index contributed by atoms with van der Waals surface area (Å²) in [5, 5.41) is 0. The monoisotopic (exact) mass is 341 g/mol. The van der Waals surface area contributed by atoms with Gasteiger partial charge in [-0.2, -0.15) is 0 Å².